The Kier molecular flexibility index (Phi) is 5.30. The van der Waals surface area contributed by atoms with Crippen LogP contribution in [0.4, 0.5) is 0 Å². The fraction of sp³-hybridized carbons (Fsp3) is 0. The van der Waals surface area contributed by atoms with E-state index in [4.69, 9.17) is 12.2 Å². The number of benzene rings is 3. The lowest BCUT2D eigenvalue weighted by atomic mass is 10.0. The van der Waals surface area contributed by atoms with Crippen LogP contribution >= 0.6 is 39.9 Å². The highest BCUT2D eigenvalue weighted by atomic mass is 79.9. The molecule has 1 heterocycles. The van der Waals surface area contributed by atoms with Crippen LogP contribution in [0.1, 0.15) is 11.1 Å². The molecule has 0 atom stereocenters. The molecule has 3 aromatic rings. The summed E-state index contributed by atoms with van der Waals surface area (Å²) in [5, 5.41) is 17.5. The van der Waals surface area contributed by atoms with Crippen LogP contribution in [-0.4, -0.2) is 26.6 Å². The number of hydrogen-bond acceptors (Lipinski definition) is 5. The van der Waals surface area contributed by atoms with E-state index in [1.54, 1.807) is 12.1 Å². The highest BCUT2D eigenvalue weighted by Crippen LogP contribution is 2.33. The number of carbonyl (C=O) groups excluding carboxylic acids is 1. The van der Waals surface area contributed by atoms with Crippen molar-refractivity contribution in [1.82, 2.24) is 5.01 Å². The van der Waals surface area contributed by atoms with Gasteiger partial charge >= 0.3 is 0 Å². The summed E-state index contributed by atoms with van der Waals surface area (Å²) < 4.78 is 1.28. The van der Waals surface area contributed by atoms with Gasteiger partial charge in [-0.1, -0.05) is 70.2 Å². The molecule has 1 N–H and O–H groups in total. The van der Waals surface area contributed by atoms with E-state index in [0.717, 1.165) is 20.8 Å². The van der Waals surface area contributed by atoms with Crippen molar-refractivity contribution in [3.8, 4) is 5.75 Å². The first-order chi connectivity index (χ1) is 13.5. The Labute approximate surface area is 179 Å². The first kappa shape index (κ1) is 18.9. The van der Waals surface area contributed by atoms with Gasteiger partial charge in [-0.3, -0.25) is 4.79 Å². The number of halogens is 1. The Balaban J connectivity index is 1.65. The summed E-state index contributed by atoms with van der Waals surface area (Å²) in [7, 11) is 0. The Morgan fingerprint density at radius 3 is 2.75 bits per heavy atom. The summed E-state index contributed by atoms with van der Waals surface area (Å²) in [6, 6.07) is 18.8. The van der Waals surface area contributed by atoms with Crippen LogP contribution in [0, 0.1) is 0 Å². The number of nitrogens with zero attached hydrogens (tertiary/aromatic N) is 2. The number of fused-ring (bicyclic) bond motifs is 1. The maximum atomic E-state index is 12.7. The number of hydrogen-bond donors (Lipinski definition) is 1. The van der Waals surface area contributed by atoms with Gasteiger partial charge in [0.15, 0.2) is 4.32 Å². The van der Waals surface area contributed by atoms with E-state index in [1.165, 1.54) is 23.0 Å². The van der Waals surface area contributed by atoms with Crippen LogP contribution < -0.4 is 0 Å². The van der Waals surface area contributed by atoms with E-state index in [-0.39, 0.29) is 11.7 Å². The summed E-state index contributed by atoms with van der Waals surface area (Å²) in [6.45, 7) is 0. The number of thiocarbonyl (C=S) groups is 1. The highest BCUT2D eigenvalue weighted by molar-refractivity contribution is 9.10. The van der Waals surface area contributed by atoms with Crippen molar-refractivity contribution in [2.75, 3.05) is 0 Å². The van der Waals surface area contributed by atoms with Gasteiger partial charge in [0, 0.05) is 10.0 Å². The molecule has 0 aliphatic carbocycles. The molecule has 0 aromatic heterocycles. The van der Waals surface area contributed by atoms with Gasteiger partial charge in [-0.2, -0.15) is 10.1 Å². The van der Waals surface area contributed by atoms with Gasteiger partial charge in [0.05, 0.1) is 11.1 Å². The van der Waals surface area contributed by atoms with E-state index in [9.17, 15) is 9.90 Å². The van der Waals surface area contributed by atoms with E-state index >= 15 is 0 Å². The second-order valence-electron chi connectivity index (χ2n) is 6.01. The lowest BCUT2D eigenvalue weighted by molar-refractivity contribution is -0.122. The average Bonchev–Trinajstić information content (AvgIpc) is 2.94. The minimum absolute atomic E-state index is 0.0950. The van der Waals surface area contributed by atoms with Crippen molar-refractivity contribution < 1.29 is 9.90 Å². The summed E-state index contributed by atoms with van der Waals surface area (Å²) in [6.07, 6.45) is 3.26. The van der Waals surface area contributed by atoms with E-state index in [0.29, 0.717) is 14.8 Å². The quantitative estimate of drug-likeness (QED) is 0.311. The fourth-order valence-corrected chi connectivity index (χ4v) is 4.43. The molecule has 0 unspecified atom stereocenters. The Morgan fingerprint density at radius 1 is 1.11 bits per heavy atom. The molecule has 1 saturated heterocycles. The molecule has 0 radical (unpaired) electrons. The smallest absolute Gasteiger partial charge is 0.286 e. The van der Waals surface area contributed by atoms with E-state index in [2.05, 4.69) is 21.0 Å². The summed E-state index contributed by atoms with van der Waals surface area (Å²) in [4.78, 5) is 13.2. The molecular formula is C21H13BrN2O2S2. The zero-order chi connectivity index (χ0) is 19.7. The fourth-order valence-electron chi connectivity index (χ4n) is 2.84. The first-order valence-electron chi connectivity index (χ1n) is 8.31. The largest absolute Gasteiger partial charge is 0.507 e. The van der Waals surface area contributed by atoms with Crippen LogP contribution in [0.3, 0.4) is 0 Å². The van der Waals surface area contributed by atoms with Gasteiger partial charge < -0.3 is 5.11 Å². The summed E-state index contributed by atoms with van der Waals surface area (Å²) in [5.74, 6) is -0.191. The van der Waals surface area contributed by atoms with Gasteiger partial charge in [0.2, 0.25) is 0 Å². The SMILES string of the molecule is O=C1/C(=C/c2cccc(Br)c2)SC(=S)N1/N=C/c1c(O)ccc2ccccc12. The molecule has 138 valence electrons. The van der Waals surface area contributed by atoms with Crippen LogP contribution in [0.2, 0.25) is 0 Å². The molecule has 1 fully saturated rings. The van der Waals surface area contributed by atoms with Crippen LogP contribution in [0.25, 0.3) is 16.8 Å². The monoisotopic (exact) mass is 468 g/mol. The molecule has 3 aromatic carbocycles. The van der Waals surface area contributed by atoms with Crippen molar-refractivity contribution in [2.24, 2.45) is 5.10 Å². The Hall–Kier alpha value is -2.48. The number of phenols is 1. The van der Waals surface area contributed by atoms with Crippen molar-refractivity contribution in [3.63, 3.8) is 0 Å². The molecule has 28 heavy (non-hydrogen) atoms. The second kappa shape index (κ2) is 7.87. The van der Waals surface area contributed by atoms with Crippen LogP contribution in [0.5, 0.6) is 5.75 Å². The number of amides is 1. The summed E-state index contributed by atoms with van der Waals surface area (Å²) >= 11 is 9.95. The Morgan fingerprint density at radius 2 is 1.93 bits per heavy atom. The molecular weight excluding hydrogens is 456 g/mol. The van der Waals surface area contributed by atoms with Gasteiger partial charge in [-0.15, -0.1) is 0 Å². The lowest BCUT2D eigenvalue weighted by Gasteiger charge is -2.08. The van der Waals surface area contributed by atoms with Crippen LogP contribution in [-0.2, 0) is 4.79 Å². The van der Waals surface area contributed by atoms with Crippen LogP contribution in [0.15, 0.2) is 75.1 Å². The minimum Gasteiger partial charge on any atom is -0.507 e. The van der Waals surface area contributed by atoms with Crippen molar-refractivity contribution in [1.29, 1.82) is 0 Å². The third-order valence-corrected chi connectivity index (χ3v) is 5.95. The lowest BCUT2D eigenvalue weighted by Crippen LogP contribution is -2.22. The third-order valence-electron chi connectivity index (χ3n) is 4.17. The molecule has 0 bridgehead atoms. The van der Waals surface area contributed by atoms with E-state index in [1.807, 2.05) is 54.6 Å². The van der Waals surface area contributed by atoms with Gasteiger partial charge in [0.25, 0.3) is 5.91 Å². The van der Waals surface area contributed by atoms with Gasteiger partial charge in [-0.05, 0) is 52.8 Å². The van der Waals surface area contributed by atoms with Crippen molar-refractivity contribution in [3.05, 3.63) is 81.2 Å². The number of rotatable bonds is 3. The molecule has 1 amide bonds. The third kappa shape index (κ3) is 3.73. The molecule has 7 heteroatoms. The van der Waals surface area contributed by atoms with Gasteiger partial charge in [0.1, 0.15) is 5.75 Å². The molecule has 1 aliphatic rings. The number of phenolic OH excluding ortho intramolecular Hbond substituents is 1. The number of hydrazone groups is 1. The predicted molar refractivity (Wildman–Crippen MR) is 122 cm³/mol. The minimum atomic E-state index is -0.286. The van der Waals surface area contributed by atoms with Gasteiger partial charge in [-0.25, -0.2) is 0 Å². The standard InChI is InChI=1S/C21H13BrN2O2S2/c22-15-6-3-4-13(10-15)11-19-20(26)24(21(27)28-19)23-12-17-16-7-2-1-5-14(16)8-9-18(17)25/h1-12,25H/b19-11-,23-12+. The number of thioether (sulfide) groups is 1. The first-order valence-corrected chi connectivity index (χ1v) is 10.3. The number of aromatic hydroxyl groups is 1. The molecule has 4 nitrogen and oxygen atoms in total. The van der Waals surface area contributed by atoms with Crippen molar-refractivity contribution in [2.45, 2.75) is 0 Å². The molecule has 0 spiro atoms. The normalized spacial score (nSPS) is 16.0. The van der Waals surface area contributed by atoms with E-state index < -0.39 is 0 Å². The second-order valence-corrected chi connectivity index (χ2v) is 8.60. The molecule has 0 saturated carbocycles. The van der Waals surface area contributed by atoms with Crippen molar-refractivity contribution >= 4 is 73.2 Å². The number of carbonyl (C=O) groups is 1. The maximum absolute atomic E-state index is 12.7. The topological polar surface area (TPSA) is 52.9 Å². The summed E-state index contributed by atoms with van der Waals surface area (Å²) in [5.41, 5.74) is 1.44. The molecule has 4 rings (SSSR count). The zero-order valence-corrected chi connectivity index (χ0v) is 17.6. The zero-order valence-electron chi connectivity index (χ0n) is 14.4. The molecule has 1 aliphatic heterocycles. The highest BCUT2D eigenvalue weighted by Gasteiger charge is 2.32. The maximum Gasteiger partial charge on any atom is 0.286 e. The Bertz CT molecular complexity index is 1170. The average molecular weight is 469 g/mol. The predicted octanol–water partition coefficient (Wildman–Crippen LogP) is 5.54.